The van der Waals surface area contributed by atoms with Gasteiger partial charge in [0.25, 0.3) is 0 Å². The molecule has 3 aromatic rings. The van der Waals surface area contributed by atoms with E-state index < -0.39 is 5.97 Å². The number of aromatic nitrogens is 3. The number of benzene rings is 1. The Morgan fingerprint density at radius 1 is 1.19 bits per heavy atom. The van der Waals surface area contributed by atoms with Crippen LogP contribution in [0.1, 0.15) is 28.2 Å². The number of nitrogens with zero attached hydrogens (tertiary/aromatic N) is 3. The largest absolute Gasteiger partial charge is 0.476 e. The number of aromatic carboxylic acids is 1. The Kier molecular flexibility index (Phi) is 2.54. The van der Waals surface area contributed by atoms with Crippen molar-refractivity contribution in [1.29, 1.82) is 0 Å². The fraction of sp³-hybridized carbons (Fsp3) is 0.188. The first-order chi connectivity index (χ1) is 10.3. The third-order valence-electron chi connectivity index (χ3n) is 3.97. The average molecular weight is 279 g/mol. The molecule has 5 nitrogen and oxygen atoms in total. The van der Waals surface area contributed by atoms with E-state index in [2.05, 4.69) is 10.1 Å². The van der Waals surface area contributed by atoms with Crippen LogP contribution in [-0.4, -0.2) is 25.8 Å². The van der Waals surface area contributed by atoms with Gasteiger partial charge in [0.05, 0.1) is 11.2 Å². The fourth-order valence-electron chi connectivity index (χ4n) is 3.07. The van der Waals surface area contributed by atoms with Crippen LogP contribution in [0.2, 0.25) is 0 Å². The monoisotopic (exact) mass is 279 g/mol. The van der Waals surface area contributed by atoms with E-state index in [-0.39, 0.29) is 5.69 Å². The Morgan fingerprint density at radius 3 is 2.90 bits per heavy atom. The van der Waals surface area contributed by atoms with Gasteiger partial charge in [-0.3, -0.25) is 4.98 Å². The van der Waals surface area contributed by atoms with Gasteiger partial charge in [-0.2, -0.15) is 5.10 Å². The molecule has 104 valence electrons. The highest BCUT2D eigenvalue weighted by Gasteiger charge is 2.27. The first-order valence-electron chi connectivity index (χ1n) is 6.94. The van der Waals surface area contributed by atoms with Crippen molar-refractivity contribution >= 4 is 16.9 Å². The van der Waals surface area contributed by atoms with Gasteiger partial charge in [0, 0.05) is 22.8 Å². The van der Waals surface area contributed by atoms with Crippen LogP contribution in [0.3, 0.4) is 0 Å². The topological polar surface area (TPSA) is 68.0 Å². The number of hydrogen-bond donors (Lipinski definition) is 1. The van der Waals surface area contributed by atoms with Gasteiger partial charge in [0.1, 0.15) is 0 Å². The highest BCUT2D eigenvalue weighted by Crippen LogP contribution is 2.29. The Labute approximate surface area is 120 Å². The highest BCUT2D eigenvalue weighted by molar-refractivity contribution is 5.89. The minimum Gasteiger partial charge on any atom is -0.476 e. The van der Waals surface area contributed by atoms with Gasteiger partial charge in [-0.05, 0) is 31.4 Å². The summed E-state index contributed by atoms with van der Waals surface area (Å²) in [4.78, 5) is 15.8. The lowest BCUT2D eigenvalue weighted by Gasteiger charge is -2.08. The summed E-state index contributed by atoms with van der Waals surface area (Å²) in [5.41, 5.74) is 3.74. The molecule has 5 heteroatoms. The molecule has 4 rings (SSSR count). The van der Waals surface area contributed by atoms with E-state index in [0.29, 0.717) is 0 Å². The van der Waals surface area contributed by atoms with E-state index in [9.17, 15) is 9.90 Å². The number of rotatable bonds is 2. The third-order valence-corrected chi connectivity index (χ3v) is 3.97. The van der Waals surface area contributed by atoms with Crippen molar-refractivity contribution in [3.05, 3.63) is 53.5 Å². The molecule has 2 aromatic heterocycles. The molecular weight excluding hydrogens is 266 g/mol. The van der Waals surface area contributed by atoms with E-state index in [1.54, 1.807) is 10.9 Å². The molecule has 0 unspecified atom stereocenters. The summed E-state index contributed by atoms with van der Waals surface area (Å²) in [6.07, 6.45) is 4.37. The Hall–Kier alpha value is -2.69. The lowest BCUT2D eigenvalue weighted by atomic mass is 10.2. The van der Waals surface area contributed by atoms with Crippen LogP contribution in [-0.2, 0) is 12.8 Å². The minimum absolute atomic E-state index is 0.176. The summed E-state index contributed by atoms with van der Waals surface area (Å²) >= 11 is 0. The molecule has 1 aliphatic rings. The fourth-order valence-corrected chi connectivity index (χ4v) is 3.07. The number of carbonyl (C=O) groups is 1. The second-order valence-electron chi connectivity index (χ2n) is 5.20. The molecule has 0 radical (unpaired) electrons. The molecule has 0 saturated carbocycles. The lowest BCUT2D eigenvalue weighted by molar-refractivity contribution is 0.0689. The summed E-state index contributed by atoms with van der Waals surface area (Å²) in [6, 6.07) is 9.76. The summed E-state index contributed by atoms with van der Waals surface area (Å²) in [6.45, 7) is 0. The summed E-state index contributed by atoms with van der Waals surface area (Å²) in [7, 11) is 0. The zero-order valence-electron chi connectivity index (χ0n) is 11.3. The zero-order chi connectivity index (χ0) is 14.4. The van der Waals surface area contributed by atoms with Crippen LogP contribution >= 0.6 is 0 Å². The number of hydrogen-bond acceptors (Lipinski definition) is 3. The molecule has 1 aliphatic carbocycles. The second kappa shape index (κ2) is 4.41. The van der Waals surface area contributed by atoms with Crippen molar-refractivity contribution in [2.45, 2.75) is 19.3 Å². The van der Waals surface area contributed by atoms with Gasteiger partial charge in [-0.25, -0.2) is 9.48 Å². The Bertz CT molecular complexity index is 862. The third kappa shape index (κ3) is 1.74. The number of fused-ring (bicyclic) bond motifs is 2. The molecule has 21 heavy (non-hydrogen) atoms. The van der Waals surface area contributed by atoms with Gasteiger partial charge in [-0.1, -0.05) is 18.2 Å². The van der Waals surface area contributed by atoms with Crippen molar-refractivity contribution in [2.24, 2.45) is 0 Å². The van der Waals surface area contributed by atoms with Crippen molar-refractivity contribution in [1.82, 2.24) is 14.8 Å². The van der Waals surface area contributed by atoms with Crippen LogP contribution in [0.25, 0.3) is 16.6 Å². The van der Waals surface area contributed by atoms with Crippen molar-refractivity contribution in [3.8, 4) is 5.69 Å². The molecule has 1 N–H and O–H groups in total. The van der Waals surface area contributed by atoms with E-state index in [1.165, 1.54) is 0 Å². The van der Waals surface area contributed by atoms with E-state index >= 15 is 0 Å². The van der Waals surface area contributed by atoms with Crippen molar-refractivity contribution in [3.63, 3.8) is 0 Å². The molecular formula is C16H13N3O2. The maximum atomic E-state index is 11.4. The highest BCUT2D eigenvalue weighted by atomic mass is 16.4. The number of carboxylic acids is 1. The van der Waals surface area contributed by atoms with E-state index in [1.807, 2.05) is 30.3 Å². The summed E-state index contributed by atoms with van der Waals surface area (Å²) < 4.78 is 1.76. The van der Waals surface area contributed by atoms with Gasteiger partial charge in [0.2, 0.25) is 0 Å². The Balaban J connectivity index is 2.02. The molecule has 0 amide bonds. The minimum atomic E-state index is -0.958. The van der Waals surface area contributed by atoms with Gasteiger partial charge in [0.15, 0.2) is 5.69 Å². The number of para-hydroxylation sites is 1. The normalized spacial score (nSPS) is 13.5. The van der Waals surface area contributed by atoms with Crippen LogP contribution < -0.4 is 0 Å². The second-order valence-corrected chi connectivity index (χ2v) is 5.20. The molecule has 0 atom stereocenters. The van der Waals surface area contributed by atoms with Crippen molar-refractivity contribution < 1.29 is 9.90 Å². The maximum absolute atomic E-state index is 11.4. The number of pyridine rings is 1. The molecule has 0 spiro atoms. The van der Waals surface area contributed by atoms with Crippen LogP contribution in [0, 0.1) is 0 Å². The summed E-state index contributed by atoms with van der Waals surface area (Å²) in [5, 5.41) is 14.7. The van der Waals surface area contributed by atoms with Gasteiger partial charge < -0.3 is 5.11 Å². The van der Waals surface area contributed by atoms with Crippen LogP contribution in [0.15, 0.2) is 36.5 Å². The number of carboxylic acid groups (broad SMARTS) is 1. The summed E-state index contributed by atoms with van der Waals surface area (Å²) in [5.74, 6) is -0.958. The first kappa shape index (κ1) is 12.1. The smallest absolute Gasteiger partial charge is 0.356 e. The standard InChI is InChI=1S/C16H13N3O2/c20-16(21)15-11-6-2-7-12(11)19(18-15)13-8-1-4-10-5-3-9-17-14(10)13/h1,3-5,8-9H,2,6-7H2,(H,20,21). The van der Waals surface area contributed by atoms with Gasteiger partial charge in [-0.15, -0.1) is 0 Å². The quantitative estimate of drug-likeness (QED) is 0.783. The molecule has 2 heterocycles. The molecule has 0 bridgehead atoms. The predicted octanol–water partition coefficient (Wildman–Crippen LogP) is 2.61. The van der Waals surface area contributed by atoms with Crippen LogP contribution in [0.5, 0.6) is 0 Å². The zero-order valence-corrected chi connectivity index (χ0v) is 11.3. The van der Waals surface area contributed by atoms with E-state index in [0.717, 1.165) is 47.1 Å². The first-order valence-corrected chi connectivity index (χ1v) is 6.94. The van der Waals surface area contributed by atoms with E-state index in [4.69, 9.17) is 0 Å². The SMILES string of the molecule is O=C(O)c1nn(-c2cccc3cccnc23)c2c1CCC2. The van der Waals surface area contributed by atoms with Gasteiger partial charge >= 0.3 is 5.97 Å². The van der Waals surface area contributed by atoms with Crippen molar-refractivity contribution in [2.75, 3.05) is 0 Å². The Morgan fingerprint density at radius 2 is 2.05 bits per heavy atom. The average Bonchev–Trinajstić information content (AvgIpc) is 3.08. The molecule has 1 aromatic carbocycles. The van der Waals surface area contributed by atoms with Crippen LogP contribution in [0.4, 0.5) is 0 Å². The predicted molar refractivity (Wildman–Crippen MR) is 77.8 cm³/mol. The maximum Gasteiger partial charge on any atom is 0.356 e. The molecule has 0 aliphatic heterocycles. The lowest BCUT2D eigenvalue weighted by Crippen LogP contribution is -2.05. The molecule has 0 fully saturated rings. The molecule has 0 saturated heterocycles.